The van der Waals surface area contributed by atoms with Crippen LogP contribution >= 0.6 is 0 Å². The first-order valence-electron chi connectivity index (χ1n) is 5.12. The molecular weight excluding hydrogens is 168 g/mol. The molecule has 0 rings (SSSR count). The smallest absolute Gasteiger partial charge is 0.157 e. The van der Waals surface area contributed by atoms with Crippen LogP contribution in [0.3, 0.4) is 0 Å². The van der Waals surface area contributed by atoms with Gasteiger partial charge in [-0.3, -0.25) is 0 Å². The van der Waals surface area contributed by atoms with Gasteiger partial charge in [0.15, 0.2) is 6.29 Å². The van der Waals surface area contributed by atoms with Crippen LogP contribution in [0.5, 0.6) is 0 Å². The topological polar surface area (TPSA) is 38.7 Å². The van der Waals surface area contributed by atoms with Crippen LogP contribution in [-0.2, 0) is 9.47 Å². The average Bonchev–Trinajstić information content (AvgIpc) is 2.10. The van der Waals surface area contributed by atoms with Crippen molar-refractivity contribution in [3.63, 3.8) is 0 Å². The van der Waals surface area contributed by atoms with Crippen LogP contribution in [0.25, 0.3) is 0 Å². The lowest BCUT2D eigenvalue weighted by Gasteiger charge is -2.17. The minimum absolute atomic E-state index is 0.152. The predicted octanol–water partition coefficient (Wildman–Crippen LogP) is 1.94. The largest absolute Gasteiger partial charge is 0.391 e. The van der Waals surface area contributed by atoms with Crippen molar-refractivity contribution in [2.24, 2.45) is 0 Å². The van der Waals surface area contributed by atoms with Gasteiger partial charge < -0.3 is 14.6 Å². The van der Waals surface area contributed by atoms with Gasteiger partial charge in [0.2, 0.25) is 0 Å². The molecular formula is C10H22O3. The molecule has 80 valence electrons. The van der Waals surface area contributed by atoms with Gasteiger partial charge in [0, 0.05) is 6.61 Å². The van der Waals surface area contributed by atoms with Gasteiger partial charge in [-0.05, 0) is 19.8 Å². The van der Waals surface area contributed by atoms with Gasteiger partial charge in [0.25, 0.3) is 0 Å². The normalized spacial score (nSPS) is 15.7. The summed E-state index contributed by atoms with van der Waals surface area (Å²) < 4.78 is 10.8. The summed E-state index contributed by atoms with van der Waals surface area (Å²) in [5.74, 6) is 0. The summed E-state index contributed by atoms with van der Waals surface area (Å²) in [5.41, 5.74) is 0. The second-order valence-corrected chi connectivity index (χ2v) is 3.24. The molecule has 0 aromatic rings. The van der Waals surface area contributed by atoms with E-state index in [1.165, 1.54) is 0 Å². The fourth-order valence-corrected chi connectivity index (χ4v) is 0.890. The van der Waals surface area contributed by atoms with Gasteiger partial charge >= 0.3 is 0 Å². The van der Waals surface area contributed by atoms with Crippen molar-refractivity contribution in [2.75, 3.05) is 13.2 Å². The highest BCUT2D eigenvalue weighted by molar-refractivity contribution is 4.46. The molecule has 0 spiro atoms. The van der Waals surface area contributed by atoms with Crippen molar-refractivity contribution < 1.29 is 14.6 Å². The Labute approximate surface area is 81.0 Å². The molecule has 0 saturated carbocycles. The van der Waals surface area contributed by atoms with Crippen molar-refractivity contribution in [2.45, 2.75) is 52.4 Å². The molecule has 3 heteroatoms. The molecule has 0 heterocycles. The Morgan fingerprint density at radius 3 is 2.38 bits per heavy atom. The molecule has 1 N–H and O–H groups in total. The number of ether oxygens (including phenoxy) is 2. The quantitative estimate of drug-likeness (QED) is 0.469. The number of aliphatic hydroxyl groups is 1. The molecule has 0 aliphatic heterocycles. The number of unbranched alkanes of at least 4 members (excludes halogenated alkanes) is 1. The summed E-state index contributed by atoms with van der Waals surface area (Å²) in [6.07, 6.45) is 2.46. The highest BCUT2D eigenvalue weighted by Crippen LogP contribution is 2.02. The number of hydrogen-bond acceptors (Lipinski definition) is 3. The van der Waals surface area contributed by atoms with E-state index >= 15 is 0 Å². The summed E-state index contributed by atoms with van der Waals surface area (Å²) in [4.78, 5) is 0. The SMILES string of the molecule is CCCCOC(CC)OCC(C)O. The molecule has 0 aromatic heterocycles. The van der Waals surface area contributed by atoms with Gasteiger partial charge in [0.1, 0.15) is 0 Å². The van der Waals surface area contributed by atoms with E-state index in [9.17, 15) is 0 Å². The molecule has 0 amide bonds. The van der Waals surface area contributed by atoms with Crippen LogP contribution in [0.15, 0.2) is 0 Å². The van der Waals surface area contributed by atoms with E-state index < -0.39 is 6.10 Å². The standard InChI is InChI=1S/C10H22O3/c1-4-6-7-12-10(5-2)13-8-9(3)11/h9-11H,4-8H2,1-3H3. The Balaban J connectivity index is 3.39. The second-order valence-electron chi connectivity index (χ2n) is 3.24. The van der Waals surface area contributed by atoms with E-state index in [0.717, 1.165) is 25.9 Å². The van der Waals surface area contributed by atoms with Crippen molar-refractivity contribution in [3.8, 4) is 0 Å². The van der Waals surface area contributed by atoms with Crippen molar-refractivity contribution >= 4 is 0 Å². The maximum Gasteiger partial charge on any atom is 0.157 e. The van der Waals surface area contributed by atoms with Gasteiger partial charge in [-0.25, -0.2) is 0 Å². The minimum atomic E-state index is -0.413. The third-order valence-corrected chi connectivity index (χ3v) is 1.66. The molecule has 0 bridgehead atoms. The van der Waals surface area contributed by atoms with Gasteiger partial charge in [-0.15, -0.1) is 0 Å². The van der Waals surface area contributed by atoms with Crippen LogP contribution in [0, 0.1) is 0 Å². The first-order chi connectivity index (χ1) is 6.20. The van der Waals surface area contributed by atoms with Crippen LogP contribution in [-0.4, -0.2) is 30.7 Å². The highest BCUT2D eigenvalue weighted by Gasteiger charge is 2.07. The maximum absolute atomic E-state index is 8.99. The maximum atomic E-state index is 8.99. The van der Waals surface area contributed by atoms with E-state index in [-0.39, 0.29) is 6.29 Å². The summed E-state index contributed by atoms with van der Waals surface area (Å²) >= 11 is 0. The van der Waals surface area contributed by atoms with E-state index in [0.29, 0.717) is 6.61 Å². The van der Waals surface area contributed by atoms with E-state index in [1.54, 1.807) is 6.92 Å². The number of rotatable bonds is 8. The Bertz CT molecular complexity index is 104. The molecule has 2 atom stereocenters. The molecule has 0 aliphatic rings. The first-order valence-corrected chi connectivity index (χ1v) is 5.12. The van der Waals surface area contributed by atoms with Crippen LogP contribution < -0.4 is 0 Å². The molecule has 0 radical (unpaired) electrons. The summed E-state index contributed by atoms with van der Waals surface area (Å²) in [5, 5.41) is 8.99. The van der Waals surface area contributed by atoms with E-state index in [1.807, 2.05) is 6.92 Å². The van der Waals surface area contributed by atoms with Gasteiger partial charge in [-0.2, -0.15) is 0 Å². The zero-order valence-corrected chi connectivity index (χ0v) is 8.95. The first kappa shape index (κ1) is 12.9. The fraction of sp³-hybridized carbons (Fsp3) is 1.00. The number of hydrogen-bond donors (Lipinski definition) is 1. The van der Waals surface area contributed by atoms with Gasteiger partial charge in [0.05, 0.1) is 12.7 Å². The van der Waals surface area contributed by atoms with E-state index in [4.69, 9.17) is 14.6 Å². The minimum Gasteiger partial charge on any atom is -0.391 e. The van der Waals surface area contributed by atoms with Gasteiger partial charge in [-0.1, -0.05) is 20.3 Å². The fourth-order valence-electron chi connectivity index (χ4n) is 0.890. The summed E-state index contributed by atoms with van der Waals surface area (Å²) in [6.45, 7) is 6.94. The lowest BCUT2D eigenvalue weighted by Crippen LogP contribution is -2.22. The Kier molecular flexibility index (Phi) is 8.40. The molecule has 2 unspecified atom stereocenters. The van der Waals surface area contributed by atoms with Crippen molar-refractivity contribution in [1.29, 1.82) is 0 Å². The van der Waals surface area contributed by atoms with Crippen LogP contribution in [0.1, 0.15) is 40.0 Å². The lowest BCUT2D eigenvalue weighted by molar-refractivity contribution is -0.157. The highest BCUT2D eigenvalue weighted by atomic mass is 16.7. The molecule has 0 saturated heterocycles. The molecule has 0 fully saturated rings. The monoisotopic (exact) mass is 190 g/mol. The predicted molar refractivity (Wildman–Crippen MR) is 52.6 cm³/mol. The van der Waals surface area contributed by atoms with Crippen LogP contribution in [0.4, 0.5) is 0 Å². The second kappa shape index (κ2) is 8.48. The molecule has 3 nitrogen and oxygen atoms in total. The Morgan fingerprint density at radius 1 is 1.23 bits per heavy atom. The Morgan fingerprint density at radius 2 is 1.92 bits per heavy atom. The third kappa shape index (κ3) is 8.22. The number of aliphatic hydroxyl groups excluding tert-OH is 1. The lowest BCUT2D eigenvalue weighted by atomic mass is 10.3. The van der Waals surface area contributed by atoms with Crippen molar-refractivity contribution in [1.82, 2.24) is 0 Å². The zero-order chi connectivity index (χ0) is 10.1. The molecule has 0 aliphatic carbocycles. The molecule has 13 heavy (non-hydrogen) atoms. The summed E-state index contributed by atoms with van der Waals surface area (Å²) in [7, 11) is 0. The zero-order valence-electron chi connectivity index (χ0n) is 8.95. The van der Waals surface area contributed by atoms with Crippen molar-refractivity contribution in [3.05, 3.63) is 0 Å². The average molecular weight is 190 g/mol. The van der Waals surface area contributed by atoms with Crippen LogP contribution in [0.2, 0.25) is 0 Å². The molecule has 0 aromatic carbocycles. The third-order valence-electron chi connectivity index (χ3n) is 1.66. The summed E-state index contributed by atoms with van der Waals surface area (Å²) in [6, 6.07) is 0. The Hall–Kier alpha value is -0.120. The van der Waals surface area contributed by atoms with E-state index in [2.05, 4.69) is 6.92 Å².